The number of carbonyl (C=O) groups is 2. The number of hydrogen-bond acceptors (Lipinski definition) is 5. The van der Waals surface area contributed by atoms with Gasteiger partial charge >= 0.3 is 0 Å². The molecule has 0 radical (unpaired) electrons. The summed E-state index contributed by atoms with van der Waals surface area (Å²) in [5, 5.41) is 7.65. The Balaban J connectivity index is 1.46. The molecule has 1 aliphatic rings. The van der Waals surface area contributed by atoms with Crippen molar-refractivity contribution in [2.75, 3.05) is 23.4 Å². The van der Waals surface area contributed by atoms with Crippen molar-refractivity contribution >= 4 is 38.7 Å². The fourth-order valence-electron chi connectivity index (χ4n) is 3.21. The van der Waals surface area contributed by atoms with Gasteiger partial charge in [0, 0.05) is 29.1 Å². The Hall–Kier alpha value is -2.19. The SMILES string of the molecule is O=C(CCCc1cccs1)Nc1cccc(C(=O)NCC2CCS(=O)(=O)C2)c1. The van der Waals surface area contributed by atoms with Crippen molar-refractivity contribution in [2.24, 2.45) is 5.92 Å². The molecular formula is C20H24N2O4S2. The minimum atomic E-state index is -2.95. The molecule has 3 rings (SSSR count). The van der Waals surface area contributed by atoms with Gasteiger partial charge in [-0.3, -0.25) is 9.59 Å². The molecule has 150 valence electrons. The van der Waals surface area contributed by atoms with Crippen molar-refractivity contribution in [1.82, 2.24) is 5.32 Å². The number of aryl methyl sites for hydroxylation is 1. The van der Waals surface area contributed by atoms with E-state index in [1.54, 1.807) is 35.6 Å². The smallest absolute Gasteiger partial charge is 0.251 e. The van der Waals surface area contributed by atoms with E-state index in [0.29, 0.717) is 30.6 Å². The first-order valence-electron chi connectivity index (χ1n) is 9.32. The summed E-state index contributed by atoms with van der Waals surface area (Å²) < 4.78 is 23.0. The summed E-state index contributed by atoms with van der Waals surface area (Å²) >= 11 is 1.69. The van der Waals surface area contributed by atoms with Crippen molar-refractivity contribution in [1.29, 1.82) is 0 Å². The first-order valence-corrected chi connectivity index (χ1v) is 12.0. The molecule has 1 aromatic heterocycles. The highest BCUT2D eigenvalue weighted by Gasteiger charge is 2.28. The van der Waals surface area contributed by atoms with E-state index in [1.807, 2.05) is 11.4 Å². The number of anilines is 1. The predicted octanol–water partition coefficient (Wildman–Crippen LogP) is 2.87. The van der Waals surface area contributed by atoms with Gasteiger partial charge in [0.25, 0.3) is 5.91 Å². The van der Waals surface area contributed by atoms with Gasteiger partial charge in [0.2, 0.25) is 5.91 Å². The van der Waals surface area contributed by atoms with Crippen molar-refractivity contribution in [2.45, 2.75) is 25.7 Å². The lowest BCUT2D eigenvalue weighted by Gasteiger charge is -2.11. The molecule has 0 aliphatic carbocycles. The van der Waals surface area contributed by atoms with Crippen LogP contribution in [-0.4, -0.2) is 38.3 Å². The topological polar surface area (TPSA) is 92.3 Å². The van der Waals surface area contributed by atoms with Crippen molar-refractivity contribution in [3.8, 4) is 0 Å². The lowest BCUT2D eigenvalue weighted by molar-refractivity contribution is -0.116. The van der Waals surface area contributed by atoms with Crippen LogP contribution in [0.4, 0.5) is 5.69 Å². The Labute approximate surface area is 169 Å². The third kappa shape index (κ3) is 6.17. The number of carbonyl (C=O) groups excluding carboxylic acids is 2. The van der Waals surface area contributed by atoms with E-state index in [9.17, 15) is 18.0 Å². The van der Waals surface area contributed by atoms with Gasteiger partial charge in [0.05, 0.1) is 11.5 Å². The number of thiophene rings is 1. The van der Waals surface area contributed by atoms with Gasteiger partial charge in [0.15, 0.2) is 9.84 Å². The first kappa shape index (κ1) is 20.5. The maximum atomic E-state index is 12.3. The monoisotopic (exact) mass is 420 g/mol. The van der Waals surface area contributed by atoms with Crippen LogP contribution >= 0.6 is 11.3 Å². The van der Waals surface area contributed by atoms with Gasteiger partial charge in [-0.05, 0) is 54.8 Å². The van der Waals surface area contributed by atoms with Crippen LogP contribution in [0.5, 0.6) is 0 Å². The molecule has 8 heteroatoms. The highest BCUT2D eigenvalue weighted by atomic mass is 32.2. The summed E-state index contributed by atoms with van der Waals surface area (Å²) in [7, 11) is -2.95. The molecule has 1 unspecified atom stereocenters. The summed E-state index contributed by atoms with van der Waals surface area (Å²) in [5.74, 6) is -0.0420. The van der Waals surface area contributed by atoms with E-state index in [-0.39, 0.29) is 29.2 Å². The third-order valence-corrected chi connectivity index (χ3v) is 7.47. The van der Waals surface area contributed by atoms with Crippen molar-refractivity contribution in [3.63, 3.8) is 0 Å². The van der Waals surface area contributed by atoms with Crippen LogP contribution in [0.25, 0.3) is 0 Å². The molecule has 2 amide bonds. The molecule has 1 aromatic carbocycles. The fraction of sp³-hybridized carbons (Fsp3) is 0.400. The summed E-state index contributed by atoms with van der Waals surface area (Å²) in [4.78, 5) is 25.7. The van der Waals surface area contributed by atoms with Crippen molar-refractivity contribution in [3.05, 3.63) is 52.2 Å². The second kappa shape index (κ2) is 9.34. The minimum Gasteiger partial charge on any atom is -0.352 e. The molecule has 6 nitrogen and oxygen atoms in total. The summed E-state index contributed by atoms with van der Waals surface area (Å²) in [6, 6.07) is 10.8. The number of nitrogens with one attached hydrogen (secondary N) is 2. The largest absolute Gasteiger partial charge is 0.352 e. The maximum absolute atomic E-state index is 12.3. The van der Waals surface area contributed by atoms with Crippen LogP contribution in [0.3, 0.4) is 0 Å². The predicted molar refractivity (Wildman–Crippen MR) is 111 cm³/mol. The van der Waals surface area contributed by atoms with Gasteiger partial charge in [0.1, 0.15) is 0 Å². The van der Waals surface area contributed by atoms with Crippen LogP contribution in [0, 0.1) is 5.92 Å². The van der Waals surface area contributed by atoms with Crippen LogP contribution in [-0.2, 0) is 21.1 Å². The molecule has 1 saturated heterocycles. The Kier molecular flexibility index (Phi) is 6.85. The average molecular weight is 421 g/mol. The first-order chi connectivity index (χ1) is 13.4. The number of benzene rings is 1. The molecule has 0 saturated carbocycles. The highest BCUT2D eigenvalue weighted by Crippen LogP contribution is 2.18. The lowest BCUT2D eigenvalue weighted by atomic mass is 10.1. The number of sulfone groups is 1. The molecule has 1 fully saturated rings. The quantitative estimate of drug-likeness (QED) is 0.687. The molecule has 0 spiro atoms. The minimum absolute atomic E-state index is 0.0276. The Bertz CT molecular complexity index is 923. The van der Waals surface area contributed by atoms with E-state index in [1.165, 1.54) is 4.88 Å². The zero-order chi connectivity index (χ0) is 20.0. The molecule has 1 aliphatic heterocycles. The molecule has 2 aromatic rings. The van der Waals surface area contributed by atoms with E-state index in [0.717, 1.165) is 12.8 Å². The molecule has 28 heavy (non-hydrogen) atoms. The third-order valence-electron chi connectivity index (χ3n) is 4.69. The van der Waals surface area contributed by atoms with Crippen LogP contribution in [0.15, 0.2) is 41.8 Å². The molecule has 0 bridgehead atoms. The van der Waals surface area contributed by atoms with E-state index in [4.69, 9.17) is 0 Å². The second-order valence-electron chi connectivity index (χ2n) is 7.04. The number of rotatable bonds is 8. The highest BCUT2D eigenvalue weighted by molar-refractivity contribution is 7.91. The van der Waals surface area contributed by atoms with E-state index in [2.05, 4.69) is 16.7 Å². The fourth-order valence-corrected chi connectivity index (χ4v) is 5.82. The number of amides is 2. The van der Waals surface area contributed by atoms with E-state index < -0.39 is 9.84 Å². The van der Waals surface area contributed by atoms with E-state index >= 15 is 0 Å². The van der Waals surface area contributed by atoms with Crippen LogP contribution in [0.2, 0.25) is 0 Å². The van der Waals surface area contributed by atoms with Gasteiger partial charge in [-0.2, -0.15) is 0 Å². The van der Waals surface area contributed by atoms with Gasteiger partial charge in [-0.25, -0.2) is 8.42 Å². The average Bonchev–Trinajstić information content (AvgIpc) is 3.29. The standard InChI is InChI=1S/C20H24N2O4S2/c23-19(8-2-6-18-7-3-10-27-18)22-17-5-1-4-16(12-17)20(24)21-13-15-9-11-28(25,26)14-15/h1,3-5,7,10,12,15H,2,6,8-9,11,13-14H2,(H,21,24)(H,22,23). The molecular weight excluding hydrogens is 396 g/mol. The second-order valence-corrected chi connectivity index (χ2v) is 10.3. The van der Waals surface area contributed by atoms with Gasteiger partial charge in [-0.1, -0.05) is 12.1 Å². The molecule has 2 heterocycles. The van der Waals surface area contributed by atoms with Gasteiger partial charge < -0.3 is 10.6 Å². The Morgan fingerprint density at radius 1 is 1.18 bits per heavy atom. The number of hydrogen-bond donors (Lipinski definition) is 2. The molecule has 2 N–H and O–H groups in total. The molecule has 1 atom stereocenters. The zero-order valence-corrected chi connectivity index (χ0v) is 17.2. The summed E-state index contributed by atoms with van der Waals surface area (Å²) in [6.07, 6.45) is 2.66. The Morgan fingerprint density at radius 2 is 2.04 bits per heavy atom. The zero-order valence-electron chi connectivity index (χ0n) is 15.5. The summed E-state index contributed by atoms with van der Waals surface area (Å²) in [6.45, 7) is 0.345. The maximum Gasteiger partial charge on any atom is 0.251 e. The normalized spacial score (nSPS) is 17.9. The lowest BCUT2D eigenvalue weighted by Crippen LogP contribution is -2.29. The Morgan fingerprint density at radius 3 is 2.75 bits per heavy atom. The summed E-state index contributed by atoms with van der Waals surface area (Å²) in [5.41, 5.74) is 1.02. The van der Waals surface area contributed by atoms with Gasteiger partial charge in [-0.15, -0.1) is 11.3 Å². The van der Waals surface area contributed by atoms with Crippen molar-refractivity contribution < 1.29 is 18.0 Å². The van der Waals surface area contributed by atoms with Crippen LogP contribution in [0.1, 0.15) is 34.5 Å². The van der Waals surface area contributed by atoms with Crippen LogP contribution < -0.4 is 10.6 Å².